The van der Waals surface area contributed by atoms with Crippen LogP contribution in [0.15, 0.2) is 54.7 Å². The molecule has 0 unspecified atom stereocenters. The van der Waals surface area contributed by atoms with E-state index in [0.29, 0.717) is 13.0 Å². The molecular formula is C27H24N2O3S. The molecule has 4 saturated carbocycles. The second kappa shape index (κ2) is 6.32. The number of hydrogen-bond donors (Lipinski definition) is 1. The van der Waals surface area contributed by atoms with E-state index < -0.39 is 11.4 Å². The van der Waals surface area contributed by atoms with Crippen LogP contribution < -0.4 is 0 Å². The van der Waals surface area contributed by atoms with Crippen LogP contribution in [0.4, 0.5) is 0 Å². The fourth-order valence-corrected chi connectivity index (χ4v) is 7.74. The molecule has 2 aromatic heterocycles. The predicted octanol–water partition coefficient (Wildman–Crippen LogP) is 5.91. The van der Waals surface area contributed by atoms with Crippen molar-refractivity contribution in [1.29, 1.82) is 0 Å². The lowest BCUT2D eigenvalue weighted by Gasteiger charge is -2.72. The molecule has 1 N–H and O–H groups in total. The van der Waals surface area contributed by atoms with Crippen molar-refractivity contribution in [3.63, 3.8) is 0 Å². The minimum absolute atomic E-state index is 0.0217. The molecule has 2 bridgehead atoms. The predicted molar refractivity (Wildman–Crippen MR) is 128 cm³/mol. The van der Waals surface area contributed by atoms with Gasteiger partial charge in [0.05, 0.1) is 27.7 Å². The van der Waals surface area contributed by atoms with Crippen molar-refractivity contribution in [2.45, 2.75) is 45.1 Å². The second-order valence-electron chi connectivity index (χ2n) is 10.5. The average Bonchev–Trinajstić information content (AvgIpc) is 3.19. The van der Waals surface area contributed by atoms with E-state index in [1.165, 1.54) is 4.70 Å². The minimum atomic E-state index is -0.649. The molecule has 0 atom stereocenters. The van der Waals surface area contributed by atoms with Crippen molar-refractivity contribution in [2.75, 3.05) is 0 Å². The Morgan fingerprint density at radius 3 is 2.55 bits per heavy atom. The molecule has 166 valence electrons. The Morgan fingerprint density at radius 2 is 1.82 bits per heavy atom. The van der Waals surface area contributed by atoms with Gasteiger partial charge in [0.25, 0.3) is 0 Å². The maximum absolute atomic E-state index is 13.6. The molecule has 4 fully saturated rings. The van der Waals surface area contributed by atoms with Gasteiger partial charge >= 0.3 is 5.97 Å². The molecule has 33 heavy (non-hydrogen) atoms. The molecule has 2 heterocycles. The molecule has 4 aromatic rings. The van der Waals surface area contributed by atoms with Crippen molar-refractivity contribution in [3.8, 4) is 0 Å². The summed E-state index contributed by atoms with van der Waals surface area (Å²) < 4.78 is 3.33. The highest BCUT2D eigenvalue weighted by atomic mass is 32.1. The number of benzene rings is 2. The van der Waals surface area contributed by atoms with Gasteiger partial charge in [-0.15, -0.1) is 11.3 Å². The number of Topliss-reactive ketones (excluding diaryl/α,β-unsaturated/α-hetero) is 1. The molecular weight excluding hydrogens is 432 g/mol. The fourth-order valence-electron chi connectivity index (χ4n) is 6.78. The number of rotatable bonds is 7. The summed E-state index contributed by atoms with van der Waals surface area (Å²) in [6, 6.07) is 16.2. The van der Waals surface area contributed by atoms with Crippen LogP contribution in [0.25, 0.3) is 21.1 Å². The molecule has 6 heteroatoms. The van der Waals surface area contributed by atoms with Gasteiger partial charge < -0.3 is 9.67 Å². The number of aliphatic carboxylic acids is 1. The number of para-hydroxylation sites is 2. The molecule has 4 aliphatic rings. The van der Waals surface area contributed by atoms with E-state index in [0.717, 1.165) is 59.1 Å². The van der Waals surface area contributed by atoms with E-state index in [4.69, 9.17) is 4.98 Å². The Hall–Kier alpha value is -2.99. The highest BCUT2D eigenvalue weighted by Crippen LogP contribution is 2.85. The van der Waals surface area contributed by atoms with E-state index in [2.05, 4.69) is 29.0 Å². The maximum Gasteiger partial charge on any atom is 0.309 e. The van der Waals surface area contributed by atoms with Crippen molar-refractivity contribution >= 4 is 44.2 Å². The topological polar surface area (TPSA) is 72.2 Å². The first-order valence-electron chi connectivity index (χ1n) is 11.6. The molecule has 2 aromatic carbocycles. The Labute approximate surface area is 195 Å². The summed E-state index contributed by atoms with van der Waals surface area (Å²) in [6.45, 7) is 0.642. The number of carbonyl (C=O) groups excluding carboxylic acids is 1. The SMILES string of the molecule is O=C(CC1(C23CC(C(=O)O)(C2)C3)CC1)c1cccc2ccn(Cc3nc4ccccc4s3)c12. The molecule has 8 rings (SSSR count). The maximum atomic E-state index is 13.6. The first kappa shape index (κ1) is 19.5. The molecule has 0 radical (unpaired) electrons. The monoisotopic (exact) mass is 456 g/mol. The minimum Gasteiger partial charge on any atom is -0.481 e. The van der Waals surface area contributed by atoms with E-state index in [9.17, 15) is 14.7 Å². The summed E-state index contributed by atoms with van der Waals surface area (Å²) in [5.74, 6) is -0.458. The summed E-state index contributed by atoms with van der Waals surface area (Å²) in [5, 5.41) is 11.6. The summed E-state index contributed by atoms with van der Waals surface area (Å²) >= 11 is 1.69. The van der Waals surface area contributed by atoms with Gasteiger partial charge in [-0.05, 0) is 67.2 Å². The van der Waals surface area contributed by atoms with Gasteiger partial charge in [0.15, 0.2) is 5.78 Å². The van der Waals surface area contributed by atoms with Gasteiger partial charge in [-0.2, -0.15) is 0 Å². The number of carboxylic acid groups (broad SMARTS) is 1. The van der Waals surface area contributed by atoms with Gasteiger partial charge in [0.1, 0.15) is 5.01 Å². The summed E-state index contributed by atoms with van der Waals surface area (Å²) in [4.78, 5) is 30.0. The first-order chi connectivity index (χ1) is 15.9. The normalized spacial score (nSPS) is 26.7. The third-order valence-corrected chi connectivity index (χ3v) is 9.72. The van der Waals surface area contributed by atoms with Crippen LogP contribution in [-0.2, 0) is 11.3 Å². The third-order valence-electron chi connectivity index (χ3n) is 8.69. The molecule has 0 spiro atoms. The summed E-state index contributed by atoms with van der Waals surface area (Å²) in [7, 11) is 0. The van der Waals surface area contributed by atoms with Crippen LogP contribution in [0.3, 0.4) is 0 Å². The number of hydrogen-bond acceptors (Lipinski definition) is 4. The molecule has 0 aliphatic heterocycles. The Morgan fingerprint density at radius 1 is 1.03 bits per heavy atom. The number of fused-ring (bicyclic) bond motifs is 2. The van der Waals surface area contributed by atoms with Gasteiger partial charge in [0.2, 0.25) is 0 Å². The molecule has 0 amide bonds. The lowest BCUT2D eigenvalue weighted by molar-refractivity contribution is -0.248. The van der Waals surface area contributed by atoms with E-state index in [-0.39, 0.29) is 16.6 Å². The highest BCUT2D eigenvalue weighted by Gasteiger charge is 2.80. The number of aromatic nitrogens is 2. The van der Waals surface area contributed by atoms with Crippen molar-refractivity contribution in [1.82, 2.24) is 9.55 Å². The molecule has 5 nitrogen and oxygen atoms in total. The van der Waals surface area contributed by atoms with Crippen LogP contribution in [0, 0.1) is 16.2 Å². The highest BCUT2D eigenvalue weighted by molar-refractivity contribution is 7.18. The lowest BCUT2D eigenvalue weighted by atomic mass is 9.30. The van der Waals surface area contributed by atoms with Crippen LogP contribution in [0.1, 0.15) is 53.9 Å². The number of ketones is 1. The van der Waals surface area contributed by atoms with Crippen LogP contribution in [-0.4, -0.2) is 26.4 Å². The van der Waals surface area contributed by atoms with Crippen LogP contribution in [0.5, 0.6) is 0 Å². The molecule has 0 saturated heterocycles. The molecule has 4 aliphatic carbocycles. The van der Waals surface area contributed by atoms with Gasteiger partial charge in [-0.1, -0.05) is 24.3 Å². The van der Waals surface area contributed by atoms with Crippen molar-refractivity contribution < 1.29 is 14.7 Å². The lowest BCUT2D eigenvalue weighted by Crippen LogP contribution is -2.69. The zero-order valence-electron chi connectivity index (χ0n) is 18.2. The fraction of sp³-hybridized carbons (Fsp3) is 0.370. The zero-order chi connectivity index (χ0) is 22.4. The van der Waals surface area contributed by atoms with E-state index >= 15 is 0 Å². The van der Waals surface area contributed by atoms with E-state index in [1.54, 1.807) is 11.3 Å². The number of nitrogens with zero attached hydrogens (tertiary/aromatic N) is 2. The van der Waals surface area contributed by atoms with Gasteiger partial charge in [-0.25, -0.2) is 4.98 Å². The van der Waals surface area contributed by atoms with Crippen molar-refractivity contribution in [3.05, 3.63) is 65.3 Å². The number of carbonyl (C=O) groups is 2. The zero-order valence-corrected chi connectivity index (χ0v) is 19.0. The summed E-state index contributed by atoms with van der Waals surface area (Å²) in [6.07, 6.45) is 6.99. The average molecular weight is 457 g/mol. The Bertz CT molecular complexity index is 1420. The first-order valence-corrected chi connectivity index (χ1v) is 12.4. The van der Waals surface area contributed by atoms with Crippen LogP contribution >= 0.6 is 11.3 Å². The quantitative estimate of drug-likeness (QED) is 0.351. The summed E-state index contributed by atoms with van der Waals surface area (Å²) in [5.41, 5.74) is 2.41. The van der Waals surface area contributed by atoms with Crippen LogP contribution in [0.2, 0.25) is 0 Å². The Balaban J connectivity index is 1.18. The largest absolute Gasteiger partial charge is 0.481 e. The van der Waals surface area contributed by atoms with Gasteiger partial charge in [-0.3, -0.25) is 9.59 Å². The van der Waals surface area contributed by atoms with Crippen molar-refractivity contribution in [2.24, 2.45) is 16.2 Å². The third kappa shape index (κ3) is 2.61. The second-order valence-corrected chi connectivity index (χ2v) is 11.7. The number of carboxylic acids is 1. The standard InChI is InChI=1S/C27H24N2O3S/c30-20(12-26(9-10-26)27-14-25(15-27,16-27)24(31)32)18-5-3-4-17-8-11-29(23(17)18)13-22-28-19-6-1-2-7-21(19)33-22/h1-8,11H,9-10,12-16H2,(H,31,32). The van der Waals surface area contributed by atoms with Gasteiger partial charge in [0, 0.05) is 23.6 Å². The number of thiazole rings is 1. The van der Waals surface area contributed by atoms with E-state index in [1.807, 2.05) is 30.3 Å². The Kier molecular flexibility index (Phi) is 3.73. The smallest absolute Gasteiger partial charge is 0.309 e.